The van der Waals surface area contributed by atoms with Gasteiger partial charge in [-0.3, -0.25) is 9.25 Å². The van der Waals surface area contributed by atoms with E-state index in [9.17, 15) is 28.5 Å². The zero-order valence-corrected chi connectivity index (χ0v) is 17.3. The smallest absolute Gasteiger partial charge is 0.394 e. The summed E-state index contributed by atoms with van der Waals surface area (Å²) in [5, 5.41) is 43.3. The van der Waals surface area contributed by atoms with Gasteiger partial charge in [-0.2, -0.15) is 18.3 Å². The Morgan fingerprint density at radius 1 is 1.19 bits per heavy atom. The first-order valence-corrected chi connectivity index (χ1v) is 9.92. The van der Waals surface area contributed by atoms with Gasteiger partial charge in [0.15, 0.2) is 5.82 Å². The number of hydrogen-bond donors (Lipinski definition) is 3. The van der Waals surface area contributed by atoms with E-state index in [1.54, 1.807) is 6.07 Å². The van der Waals surface area contributed by atoms with Gasteiger partial charge in [0, 0.05) is 17.4 Å². The molecule has 1 aromatic carbocycles. The predicted octanol–water partition coefficient (Wildman–Crippen LogP) is 1.84. The zero-order valence-electron chi connectivity index (χ0n) is 16.6. The van der Waals surface area contributed by atoms with E-state index in [-0.39, 0.29) is 22.4 Å². The monoisotopic (exact) mass is 473 g/mol. The van der Waals surface area contributed by atoms with Gasteiger partial charge in [0.25, 0.3) is 0 Å². The number of aliphatic hydroxyl groups is 3. The first kappa shape index (κ1) is 22.7. The summed E-state index contributed by atoms with van der Waals surface area (Å²) < 4.78 is 49.2. The lowest BCUT2D eigenvalue weighted by Gasteiger charge is -2.42. The van der Waals surface area contributed by atoms with Crippen LogP contribution in [0.1, 0.15) is 29.4 Å². The second kappa shape index (κ2) is 8.45. The molecule has 2 unspecified atom stereocenters. The number of nitrogens with zero attached hydrogens (tertiary/aromatic N) is 5. The fourth-order valence-corrected chi connectivity index (χ4v) is 4.04. The third-order valence-electron chi connectivity index (χ3n) is 5.33. The number of aliphatic hydroxyl groups excluding tert-OH is 3. The lowest BCUT2D eigenvalue weighted by Crippen LogP contribution is -2.53. The lowest BCUT2D eigenvalue weighted by atomic mass is 9.92. The zero-order chi connectivity index (χ0) is 23.2. The van der Waals surface area contributed by atoms with E-state index in [0.717, 1.165) is 22.8 Å². The fourth-order valence-electron chi connectivity index (χ4n) is 3.88. The highest BCUT2D eigenvalue weighted by Gasteiger charge is 2.48. The highest BCUT2D eigenvalue weighted by molar-refractivity contribution is 6.30. The van der Waals surface area contributed by atoms with Crippen molar-refractivity contribution in [3.63, 3.8) is 0 Å². The minimum atomic E-state index is -4.71. The van der Waals surface area contributed by atoms with E-state index >= 15 is 0 Å². The minimum absolute atomic E-state index is 0.0511. The van der Waals surface area contributed by atoms with Crippen LogP contribution >= 0.6 is 11.6 Å². The molecule has 13 heteroatoms. The molecule has 1 aliphatic rings. The molecule has 0 spiro atoms. The summed E-state index contributed by atoms with van der Waals surface area (Å²) in [5.41, 5.74) is -1.33. The van der Waals surface area contributed by atoms with E-state index in [1.165, 1.54) is 24.0 Å². The Kier molecular flexibility index (Phi) is 5.98. The van der Waals surface area contributed by atoms with Gasteiger partial charge in [-0.05, 0) is 31.2 Å². The van der Waals surface area contributed by atoms with Crippen LogP contribution in [-0.2, 0) is 10.9 Å². The molecule has 4 rings (SSSR count). The molecule has 3 heterocycles. The highest BCUT2D eigenvalue weighted by Crippen LogP contribution is 2.41. The number of halogens is 4. The Hall–Kier alpha value is -2.51. The maximum atomic E-state index is 13.7. The van der Waals surface area contributed by atoms with E-state index in [2.05, 4.69) is 15.3 Å². The fraction of sp³-hybridized carbons (Fsp3) is 0.421. The number of aryl methyl sites for hydroxylation is 1. The van der Waals surface area contributed by atoms with E-state index in [4.69, 9.17) is 16.3 Å². The molecule has 0 bridgehead atoms. The molecular formula is C19H19ClF3N5O4. The summed E-state index contributed by atoms with van der Waals surface area (Å²) in [6.45, 7) is 0.830. The van der Waals surface area contributed by atoms with Gasteiger partial charge < -0.3 is 20.1 Å². The maximum absolute atomic E-state index is 13.7. The maximum Gasteiger partial charge on any atom is 0.418 e. The third-order valence-corrected chi connectivity index (χ3v) is 5.57. The number of aromatic nitrogens is 5. The molecule has 0 saturated carbocycles. The molecule has 0 amide bonds. The molecule has 172 valence electrons. The Morgan fingerprint density at radius 3 is 2.56 bits per heavy atom. The van der Waals surface area contributed by atoms with Crippen LogP contribution in [0.2, 0.25) is 5.02 Å². The van der Waals surface area contributed by atoms with Gasteiger partial charge in [-0.15, -0.1) is 10.2 Å². The Morgan fingerprint density at radius 2 is 1.94 bits per heavy atom. The van der Waals surface area contributed by atoms with E-state index in [0.29, 0.717) is 0 Å². The van der Waals surface area contributed by atoms with Gasteiger partial charge >= 0.3 is 6.18 Å². The normalized spacial score (nSPS) is 26.4. The first-order valence-electron chi connectivity index (χ1n) is 9.54. The second-order valence-corrected chi connectivity index (χ2v) is 7.77. The summed E-state index contributed by atoms with van der Waals surface area (Å²) in [5.74, 6) is -0.0591. The molecule has 3 N–H and O–H groups in total. The Balaban J connectivity index is 1.85. The number of benzene rings is 1. The molecule has 1 saturated heterocycles. The molecule has 1 aliphatic heterocycles. The minimum Gasteiger partial charge on any atom is -0.394 e. The van der Waals surface area contributed by atoms with E-state index in [1.807, 2.05) is 0 Å². The van der Waals surface area contributed by atoms with Crippen molar-refractivity contribution >= 4 is 11.6 Å². The topological polar surface area (TPSA) is 118 Å². The van der Waals surface area contributed by atoms with Crippen LogP contribution in [0, 0.1) is 6.92 Å². The third kappa shape index (κ3) is 3.88. The first-order chi connectivity index (χ1) is 15.1. The SMILES string of the molecule is Cc1nnc([C@@H]2OC(CO)[C@H](O)[C@H](n3cccn3)C2O)n1-c1cc(Cl)ccc1C(F)(F)F. The molecule has 9 nitrogen and oxygen atoms in total. The van der Waals surface area contributed by atoms with Gasteiger partial charge in [-0.25, -0.2) is 0 Å². The Labute approximate surface area is 184 Å². The average molecular weight is 474 g/mol. The second-order valence-electron chi connectivity index (χ2n) is 7.34. The van der Waals surface area contributed by atoms with Crippen molar-refractivity contribution in [2.75, 3.05) is 6.61 Å². The van der Waals surface area contributed by atoms with Crippen molar-refractivity contribution in [2.24, 2.45) is 0 Å². The molecular weight excluding hydrogens is 455 g/mol. The number of alkyl halides is 3. The molecule has 32 heavy (non-hydrogen) atoms. The standard InChI is InChI=1S/C19H19ClF3N5O4/c1-9-25-26-18(28(9)12-7-10(20)3-4-11(12)19(21,22)23)17-16(31)14(27-6-2-5-24-27)15(30)13(8-29)32-17/h2-7,13-17,29-31H,8H2,1H3/t13?,14-,15-,16?,17+/m0/s1. The van der Waals surface area contributed by atoms with Crippen LogP contribution in [0.3, 0.4) is 0 Å². The van der Waals surface area contributed by atoms with Crippen molar-refractivity contribution < 1.29 is 33.2 Å². The van der Waals surface area contributed by atoms with Crippen LogP contribution in [0.15, 0.2) is 36.7 Å². The summed E-state index contributed by atoms with van der Waals surface area (Å²) >= 11 is 5.98. The summed E-state index contributed by atoms with van der Waals surface area (Å²) in [6.07, 6.45) is -7.10. The van der Waals surface area contributed by atoms with Crippen LogP contribution in [-0.4, -0.2) is 64.8 Å². The number of hydrogen-bond acceptors (Lipinski definition) is 7. The van der Waals surface area contributed by atoms with Crippen molar-refractivity contribution in [1.29, 1.82) is 0 Å². The number of rotatable bonds is 4. The molecule has 2 aromatic heterocycles. The molecule has 1 fully saturated rings. The molecule has 5 atom stereocenters. The highest BCUT2D eigenvalue weighted by atomic mass is 35.5. The molecule has 3 aromatic rings. The summed E-state index contributed by atoms with van der Waals surface area (Å²) in [4.78, 5) is 0. The lowest BCUT2D eigenvalue weighted by molar-refractivity contribution is -0.210. The molecule has 0 aliphatic carbocycles. The van der Waals surface area contributed by atoms with Crippen LogP contribution in [0.5, 0.6) is 0 Å². The molecule has 0 radical (unpaired) electrons. The van der Waals surface area contributed by atoms with Crippen LogP contribution in [0.25, 0.3) is 5.69 Å². The summed E-state index contributed by atoms with van der Waals surface area (Å²) in [7, 11) is 0. The van der Waals surface area contributed by atoms with Crippen molar-refractivity contribution in [2.45, 2.75) is 43.6 Å². The van der Waals surface area contributed by atoms with E-state index < -0.39 is 48.8 Å². The predicted molar refractivity (Wildman–Crippen MR) is 104 cm³/mol. The van der Waals surface area contributed by atoms with Crippen LogP contribution < -0.4 is 0 Å². The van der Waals surface area contributed by atoms with Gasteiger partial charge in [0.1, 0.15) is 36.3 Å². The van der Waals surface area contributed by atoms with Crippen molar-refractivity contribution in [3.05, 3.63) is 58.9 Å². The van der Waals surface area contributed by atoms with Crippen molar-refractivity contribution in [3.8, 4) is 5.69 Å². The largest absolute Gasteiger partial charge is 0.418 e. The average Bonchev–Trinajstić information content (AvgIpc) is 3.37. The Bertz CT molecular complexity index is 1090. The van der Waals surface area contributed by atoms with Gasteiger partial charge in [0.05, 0.1) is 17.9 Å². The number of ether oxygens (including phenoxy) is 1. The van der Waals surface area contributed by atoms with Crippen LogP contribution in [0.4, 0.5) is 13.2 Å². The van der Waals surface area contributed by atoms with Gasteiger partial charge in [0.2, 0.25) is 0 Å². The summed E-state index contributed by atoms with van der Waals surface area (Å²) in [6, 6.07) is 3.58. The van der Waals surface area contributed by atoms with Gasteiger partial charge in [-0.1, -0.05) is 11.6 Å². The quantitative estimate of drug-likeness (QED) is 0.529. The van der Waals surface area contributed by atoms with Crippen molar-refractivity contribution in [1.82, 2.24) is 24.5 Å².